The second kappa shape index (κ2) is 6.70. The molecule has 1 aliphatic rings. The van der Waals surface area contributed by atoms with Crippen molar-refractivity contribution >= 4 is 5.91 Å². The van der Waals surface area contributed by atoms with E-state index in [2.05, 4.69) is 10.6 Å². The van der Waals surface area contributed by atoms with E-state index in [0.29, 0.717) is 17.2 Å². The first-order chi connectivity index (χ1) is 9.60. The lowest BCUT2D eigenvalue weighted by Crippen LogP contribution is -2.30. The van der Waals surface area contributed by atoms with Crippen LogP contribution in [0, 0.1) is 11.7 Å². The number of carbonyl (C=O) groups excluding carboxylic acids is 1. The van der Waals surface area contributed by atoms with Gasteiger partial charge in [-0.1, -0.05) is 0 Å². The van der Waals surface area contributed by atoms with E-state index >= 15 is 0 Å². The number of nitrogens with one attached hydrogen (secondary N) is 2. The van der Waals surface area contributed by atoms with Crippen LogP contribution in [0.25, 0.3) is 0 Å². The molecule has 0 spiro atoms. The van der Waals surface area contributed by atoms with Gasteiger partial charge in [0, 0.05) is 18.2 Å². The first-order valence-electron chi connectivity index (χ1n) is 6.96. The summed E-state index contributed by atoms with van der Waals surface area (Å²) in [7, 11) is 1.79. The van der Waals surface area contributed by atoms with Crippen LogP contribution in [0.2, 0.25) is 0 Å². The van der Waals surface area contributed by atoms with Gasteiger partial charge in [0.25, 0.3) is 5.91 Å². The Kier molecular flexibility index (Phi) is 4.95. The Morgan fingerprint density at radius 2 is 2.25 bits per heavy atom. The molecule has 0 radical (unpaired) electrons. The lowest BCUT2D eigenvalue weighted by atomic mass is 10.1. The highest BCUT2D eigenvalue weighted by molar-refractivity contribution is 5.77. The number of carbonyl (C=O) groups is 1. The third-order valence-electron chi connectivity index (χ3n) is 3.51. The summed E-state index contributed by atoms with van der Waals surface area (Å²) >= 11 is 0. The van der Waals surface area contributed by atoms with E-state index in [1.54, 1.807) is 13.1 Å². The maximum Gasteiger partial charge on any atom is 0.257 e. The first kappa shape index (κ1) is 14.8. The predicted octanol–water partition coefficient (Wildman–Crippen LogP) is 2.01. The van der Waals surface area contributed by atoms with Crippen molar-refractivity contribution in [2.24, 2.45) is 5.92 Å². The van der Waals surface area contributed by atoms with Crippen molar-refractivity contribution in [3.63, 3.8) is 0 Å². The van der Waals surface area contributed by atoms with Gasteiger partial charge in [0.15, 0.2) is 6.61 Å². The number of halogens is 1. The molecule has 2 N–H and O–H groups in total. The van der Waals surface area contributed by atoms with E-state index in [4.69, 9.17) is 4.74 Å². The zero-order valence-electron chi connectivity index (χ0n) is 11.9. The van der Waals surface area contributed by atoms with Gasteiger partial charge in [0.2, 0.25) is 0 Å². The van der Waals surface area contributed by atoms with E-state index in [1.807, 2.05) is 6.92 Å². The summed E-state index contributed by atoms with van der Waals surface area (Å²) in [5, 5.41) is 5.87. The smallest absolute Gasteiger partial charge is 0.257 e. The summed E-state index contributed by atoms with van der Waals surface area (Å²) in [4.78, 5) is 11.6. The third kappa shape index (κ3) is 4.20. The average molecular weight is 280 g/mol. The van der Waals surface area contributed by atoms with E-state index in [0.717, 1.165) is 6.54 Å². The highest BCUT2D eigenvalue weighted by Crippen LogP contribution is 2.28. The molecule has 5 heteroatoms. The third-order valence-corrected chi connectivity index (χ3v) is 3.51. The number of hydrogen-bond acceptors (Lipinski definition) is 3. The van der Waals surface area contributed by atoms with Crippen LogP contribution in [0.3, 0.4) is 0 Å². The van der Waals surface area contributed by atoms with Crippen molar-refractivity contribution in [2.45, 2.75) is 25.8 Å². The minimum atomic E-state index is -0.312. The van der Waals surface area contributed by atoms with Gasteiger partial charge in [-0.2, -0.15) is 0 Å². The molecule has 0 heterocycles. The second-order valence-corrected chi connectivity index (χ2v) is 5.23. The number of hydrogen-bond donors (Lipinski definition) is 2. The molecule has 1 atom stereocenters. The molecule has 1 unspecified atom stereocenters. The molecule has 110 valence electrons. The van der Waals surface area contributed by atoms with Gasteiger partial charge in [-0.25, -0.2) is 4.39 Å². The lowest BCUT2D eigenvalue weighted by Gasteiger charge is -2.16. The van der Waals surface area contributed by atoms with Gasteiger partial charge in [-0.05, 0) is 50.9 Å². The largest absolute Gasteiger partial charge is 0.483 e. The minimum absolute atomic E-state index is 0.0399. The van der Waals surface area contributed by atoms with Crippen molar-refractivity contribution in [3.8, 4) is 5.75 Å². The molecular formula is C15H21FN2O2. The molecule has 0 aliphatic heterocycles. The van der Waals surface area contributed by atoms with E-state index in [-0.39, 0.29) is 24.4 Å². The maximum atomic E-state index is 13.3. The molecule has 1 saturated carbocycles. The van der Waals surface area contributed by atoms with Gasteiger partial charge in [0.1, 0.15) is 11.6 Å². The summed E-state index contributed by atoms with van der Waals surface area (Å²) in [6.45, 7) is 2.60. The molecule has 1 fully saturated rings. The Bertz CT molecular complexity index is 475. The summed E-state index contributed by atoms with van der Waals surface area (Å²) in [5.41, 5.74) is 0.711. The summed E-state index contributed by atoms with van der Waals surface area (Å²) < 4.78 is 18.8. The van der Waals surface area contributed by atoms with Crippen LogP contribution in [-0.2, 0) is 4.79 Å². The van der Waals surface area contributed by atoms with Crippen LogP contribution in [0.1, 0.15) is 31.4 Å². The average Bonchev–Trinajstić information content (AvgIpc) is 3.27. The van der Waals surface area contributed by atoms with Crippen LogP contribution in [-0.4, -0.2) is 26.1 Å². The Labute approximate surface area is 118 Å². The lowest BCUT2D eigenvalue weighted by molar-refractivity contribution is -0.123. The van der Waals surface area contributed by atoms with E-state index in [9.17, 15) is 9.18 Å². The Morgan fingerprint density at radius 3 is 2.90 bits per heavy atom. The van der Waals surface area contributed by atoms with Crippen LogP contribution in [0.4, 0.5) is 4.39 Å². The SMILES string of the molecule is CNC(C)c1cc(F)ccc1OCC(=O)NCC1CC1. The Hall–Kier alpha value is -1.62. The molecule has 20 heavy (non-hydrogen) atoms. The van der Waals surface area contributed by atoms with Gasteiger partial charge in [-0.3, -0.25) is 4.79 Å². The quantitative estimate of drug-likeness (QED) is 0.803. The summed E-state index contributed by atoms with van der Waals surface area (Å²) in [6.07, 6.45) is 2.39. The summed E-state index contributed by atoms with van der Waals surface area (Å²) in [5.74, 6) is 0.733. The van der Waals surface area contributed by atoms with E-state index in [1.165, 1.54) is 25.0 Å². The highest BCUT2D eigenvalue weighted by atomic mass is 19.1. The van der Waals surface area contributed by atoms with Crippen LogP contribution in [0.5, 0.6) is 5.75 Å². The predicted molar refractivity (Wildman–Crippen MR) is 75.1 cm³/mol. The van der Waals surface area contributed by atoms with Gasteiger partial charge < -0.3 is 15.4 Å². The Morgan fingerprint density at radius 1 is 1.50 bits per heavy atom. The minimum Gasteiger partial charge on any atom is -0.483 e. The monoisotopic (exact) mass is 280 g/mol. The van der Waals surface area contributed by atoms with Crippen molar-refractivity contribution in [1.82, 2.24) is 10.6 Å². The standard InChI is InChI=1S/C15H21FN2O2/c1-10(17-2)13-7-12(16)5-6-14(13)20-9-15(19)18-8-11-3-4-11/h5-7,10-11,17H,3-4,8-9H2,1-2H3,(H,18,19). The zero-order valence-corrected chi connectivity index (χ0v) is 11.9. The van der Waals surface area contributed by atoms with Crippen molar-refractivity contribution in [2.75, 3.05) is 20.2 Å². The molecule has 0 saturated heterocycles. The number of rotatable bonds is 7. The van der Waals surface area contributed by atoms with Gasteiger partial charge in [0.05, 0.1) is 0 Å². The topological polar surface area (TPSA) is 50.4 Å². The fourth-order valence-corrected chi connectivity index (χ4v) is 1.92. The molecule has 1 aromatic rings. The molecule has 4 nitrogen and oxygen atoms in total. The van der Waals surface area contributed by atoms with Crippen molar-refractivity contribution < 1.29 is 13.9 Å². The number of ether oxygens (including phenoxy) is 1. The molecule has 1 aromatic carbocycles. The number of benzene rings is 1. The van der Waals surface area contributed by atoms with Gasteiger partial charge in [-0.15, -0.1) is 0 Å². The van der Waals surface area contributed by atoms with Crippen LogP contribution < -0.4 is 15.4 Å². The summed E-state index contributed by atoms with van der Waals surface area (Å²) in [6, 6.07) is 4.28. The molecule has 0 bridgehead atoms. The second-order valence-electron chi connectivity index (χ2n) is 5.23. The van der Waals surface area contributed by atoms with Crippen LogP contribution in [0.15, 0.2) is 18.2 Å². The van der Waals surface area contributed by atoms with Gasteiger partial charge >= 0.3 is 0 Å². The first-order valence-corrected chi connectivity index (χ1v) is 6.96. The fraction of sp³-hybridized carbons (Fsp3) is 0.533. The van der Waals surface area contributed by atoms with Crippen LogP contribution >= 0.6 is 0 Å². The molecular weight excluding hydrogens is 259 g/mol. The highest BCUT2D eigenvalue weighted by Gasteiger charge is 2.21. The molecule has 0 aromatic heterocycles. The number of amides is 1. The van der Waals surface area contributed by atoms with Crippen molar-refractivity contribution in [3.05, 3.63) is 29.6 Å². The van der Waals surface area contributed by atoms with E-state index < -0.39 is 0 Å². The van der Waals surface area contributed by atoms with Crippen molar-refractivity contribution in [1.29, 1.82) is 0 Å². The Balaban J connectivity index is 1.91. The molecule has 1 amide bonds. The zero-order chi connectivity index (χ0) is 14.5. The maximum absolute atomic E-state index is 13.3. The molecule has 1 aliphatic carbocycles. The fourth-order valence-electron chi connectivity index (χ4n) is 1.92. The molecule has 2 rings (SSSR count). The normalized spacial score (nSPS) is 15.8.